The van der Waals surface area contributed by atoms with Gasteiger partial charge in [0.2, 0.25) is 0 Å². The molecule has 0 fully saturated rings. The minimum absolute atomic E-state index is 0.262. The lowest BCUT2D eigenvalue weighted by molar-refractivity contribution is 0.0964. The molecule has 106 valence electrons. The van der Waals surface area contributed by atoms with Crippen LogP contribution in [0.25, 0.3) is 11.0 Å². The number of carbonyl (C=O) groups excluding carboxylic acids is 1. The second kappa shape index (κ2) is 4.89. The van der Waals surface area contributed by atoms with Gasteiger partial charge in [-0.05, 0) is 24.3 Å². The molecule has 2 aromatic heterocycles. The molecule has 0 aliphatic heterocycles. The summed E-state index contributed by atoms with van der Waals surface area (Å²) in [5, 5.41) is 11.8. The normalized spacial score (nSPS) is 11.0. The van der Waals surface area contributed by atoms with Gasteiger partial charge in [0.25, 0.3) is 5.56 Å². The van der Waals surface area contributed by atoms with E-state index in [0.29, 0.717) is 16.6 Å². The van der Waals surface area contributed by atoms with Crippen molar-refractivity contribution in [2.45, 2.75) is 6.54 Å². The molecule has 2 heterocycles. The van der Waals surface area contributed by atoms with Crippen LogP contribution < -0.4 is 5.56 Å². The van der Waals surface area contributed by atoms with Crippen molar-refractivity contribution in [3.63, 3.8) is 0 Å². The molecule has 0 radical (unpaired) electrons. The average Bonchev–Trinajstić information content (AvgIpc) is 2.85. The SMILES string of the molecule is Cn1ncc2c(=O)n(CC(=O)c3ccc(F)cc3)nnc21. The molecule has 0 unspecified atom stereocenters. The smallest absolute Gasteiger partial charge is 0.281 e. The van der Waals surface area contributed by atoms with Gasteiger partial charge in [-0.1, -0.05) is 5.21 Å². The molecule has 8 heteroatoms. The summed E-state index contributed by atoms with van der Waals surface area (Å²) in [5.74, 6) is -0.782. The molecule has 0 spiro atoms. The number of ketones is 1. The quantitative estimate of drug-likeness (QED) is 0.657. The van der Waals surface area contributed by atoms with Gasteiger partial charge in [-0.15, -0.1) is 5.10 Å². The fraction of sp³-hybridized carbons (Fsp3) is 0.154. The van der Waals surface area contributed by atoms with Crippen LogP contribution in [-0.2, 0) is 13.6 Å². The van der Waals surface area contributed by atoms with Gasteiger partial charge in [0.1, 0.15) is 17.7 Å². The maximum atomic E-state index is 12.8. The number of fused-ring (bicyclic) bond motifs is 1. The van der Waals surface area contributed by atoms with E-state index in [1.165, 1.54) is 35.1 Å². The van der Waals surface area contributed by atoms with Gasteiger partial charge < -0.3 is 0 Å². The predicted molar refractivity (Wildman–Crippen MR) is 71.3 cm³/mol. The Morgan fingerprint density at radius 1 is 1.29 bits per heavy atom. The second-order valence-electron chi connectivity index (χ2n) is 4.49. The number of nitrogens with zero attached hydrogens (tertiary/aromatic N) is 5. The summed E-state index contributed by atoms with van der Waals surface area (Å²) in [4.78, 5) is 24.2. The van der Waals surface area contributed by atoms with Crippen molar-refractivity contribution in [3.05, 3.63) is 52.2 Å². The third kappa shape index (κ3) is 2.31. The number of Topliss-reactive ketones (excluding diaryl/α,β-unsaturated/α-hetero) is 1. The highest BCUT2D eigenvalue weighted by molar-refractivity contribution is 5.95. The molecule has 0 saturated carbocycles. The number of aryl methyl sites for hydroxylation is 1. The molecule has 21 heavy (non-hydrogen) atoms. The Bertz CT molecular complexity index is 882. The van der Waals surface area contributed by atoms with Crippen LogP contribution in [0.2, 0.25) is 0 Å². The van der Waals surface area contributed by atoms with E-state index in [1.807, 2.05) is 0 Å². The van der Waals surface area contributed by atoms with E-state index in [1.54, 1.807) is 7.05 Å². The van der Waals surface area contributed by atoms with Gasteiger partial charge in [-0.3, -0.25) is 9.59 Å². The van der Waals surface area contributed by atoms with E-state index < -0.39 is 11.4 Å². The highest BCUT2D eigenvalue weighted by Crippen LogP contribution is 2.05. The van der Waals surface area contributed by atoms with Crippen LogP contribution in [-0.4, -0.2) is 30.6 Å². The molecule has 0 aliphatic rings. The molecule has 1 aromatic carbocycles. The van der Waals surface area contributed by atoms with Gasteiger partial charge in [0, 0.05) is 12.6 Å². The largest absolute Gasteiger partial charge is 0.292 e. The zero-order valence-electron chi connectivity index (χ0n) is 11.0. The lowest BCUT2D eigenvalue weighted by atomic mass is 10.1. The lowest BCUT2D eigenvalue weighted by Crippen LogP contribution is -2.27. The molecule has 0 aliphatic carbocycles. The molecule has 3 rings (SSSR count). The molecule has 0 bridgehead atoms. The first-order valence-electron chi connectivity index (χ1n) is 6.10. The van der Waals surface area contributed by atoms with E-state index in [0.717, 1.165) is 4.68 Å². The maximum absolute atomic E-state index is 12.8. The van der Waals surface area contributed by atoms with Gasteiger partial charge >= 0.3 is 0 Å². The highest BCUT2D eigenvalue weighted by atomic mass is 19.1. The van der Waals surface area contributed by atoms with Crippen molar-refractivity contribution in [1.82, 2.24) is 24.8 Å². The van der Waals surface area contributed by atoms with Gasteiger partial charge in [-0.25, -0.2) is 13.8 Å². The zero-order chi connectivity index (χ0) is 15.0. The Morgan fingerprint density at radius 2 is 2.00 bits per heavy atom. The van der Waals surface area contributed by atoms with Crippen molar-refractivity contribution in [2.75, 3.05) is 0 Å². The molecule has 3 aromatic rings. The first kappa shape index (κ1) is 13.1. The van der Waals surface area contributed by atoms with Crippen LogP contribution >= 0.6 is 0 Å². The number of hydrogen-bond acceptors (Lipinski definition) is 5. The third-order valence-electron chi connectivity index (χ3n) is 3.08. The molecular formula is C13H10FN5O2. The lowest BCUT2D eigenvalue weighted by Gasteiger charge is -2.03. The summed E-state index contributed by atoms with van der Waals surface area (Å²) in [6.07, 6.45) is 1.38. The number of rotatable bonds is 3. The first-order valence-corrected chi connectivity index (χ1v) is 6.10. The van der Waals surface area contributed by atoms with Crippen molar-refractivity contribution >= 4 is 16.8 Å². The fourth-order valence-corrected chi connectivity index (χ4v) is 1.94. The Morgan fingerprint density at radius 3 is 2.71 bits per heavy atom. The van der Waals surface area contributed by atoms with Crippen molar-refractivity contribution in [3.8, 4) is 0 Å². The summed E-state index contributed by atoms with van der Waals surface area (Å²) in [6.45, 7) is -0.262. The predicted octanol–water partition coefficient (Wildman–Crippen LogP) is 0.547. The summed E-state index contributed by atoms with van der Waals surface area (Å²) in [7, 11) is 1.64. The fourth-order valence-electron chi connectivity index (χ4n) is 1.94. The minimum Gasteiger partial charge on any atom is -0.292 e. The number of carbonyl (C=O) groups is 1. The maximum Gasteiger partial charge on any atom is 0.281 e. The van der Waals surface area contributed by atoms with Crippen molar-refractivity contribution < 1.29 is 9.18 Å². The zero-order valence-corrected chi connectivity index (χ0v) is 11.0. The number of benzene rings is 1. The molecule has 0 amide bonds. The van der Waals surface area contributed by atoms with Crippen LogP contribution in [0.5, 0.6) is 0 Å². The molecule has 0 N–H and O–H groups in total. The average molecular weight is 287 g/mol. The van der Waals surface area contributed by atoms with E-state index >= 15 is 0 Å². The number of hydrogen-bond donors (Lipinski definition) is 0. The summed E-state index contributed by atoms with van der Waals surface area (Å²) in [5.41, 5.74) is 0.213. The van der Waals surface area contributed by atoms with E-state index in [2.05, 4.69) is 15.4 Å². The topological polar surface area (TPSA) is 82.7 Å². The highest BCUT2D eigenvalue weighted by Gasteiger charge is 2.13. The van der Waals surface area contributed by atoms with Crippen LogP contribution in [0, 0.1) is 5.82 Å². The van der Waals surface area contributed by atoms with Crippen LogP contribution in [0.4, 0.5) is 4.39 Å². The first-order chi connectivity index (χ1) is 10.1. The van der Waals surface area contributed by atoms with Gasteiger partial charge in [0.15, 0.2) is 11.4 Å². The molecule has 0 atom stereocenters. The van der Waals surface area contributed by atoms with E-state index in [9.17, 15) is 14.0 Å². The molecule has 7 nitrogen and oxygen atoms in total. The Kier molecular flexibility index (Phi) is 3.05. The Hall–Kier alpha value is -2.90. The van der Waals surface area contributed by atoms with Crippen molar-refractivity contribution in [1.29, 1.82) is 0 Å². The second-order valence-corrected chi connectivity index (χ2v) is 4.49. The molecular weight excluding hydrogens is 277 g/mol. The van der Waals surface area contributed by atoms with Gasteiger partial charge in [0.05, 0.1) is 6.20 Å². The number of halogens is 1. The summed E-state index contributed by atoms with van der Waals surface area (Å²) in [6, 6.07) is 5.09. The van der Waals surface area contributed by atoms with Crippen LogP contribution in [0.1, 0.15) is 10.4 Å². The van der Waals surface area contributed by atoms with Crippen LogP contribution in [0.3, 0.4) is 0 Å². The number of aromatic nitrogens is 5. The summed E-state index contributed by atoms with van der Waals surface area (Å²) >= 11 is 0. The molecule has 0 saturated heterocycles. The Balaban J connectivity index is 1.94. The minimum atomic E-state index is -0.441. The monoisotopic (exact) mass is 287 g/mol. The van der Waals surface area contributed by atoms with Crippen LogP contribution in [0.15, 0.2) is 35.3 Å². The van der Waals surface area contributed by atoms with E-state index in [-0.39, 0.29) is 12.3 Å². The van der Waals surface area contributed by atoms with Gasteiger partial charge in [-0.2, -0.15) is 5.10 Å². The standard InChI is InChI=1S/C13H10FN5O2/c1-18-12-10(6-15-18)13(21)19(17-16-12)7-11(20)8-2-4-9(14)5-3-8/h2-6H,7H2,1H3. The Labute approximate surface area is 117 Å². The van der Waals surface area contributed by atoms with E-state index in [4.69, 9.17) is 0 Å². The summed E-state index contributed by atoms with van der Waals surface area (Å²) < 4.78 is 15.2. The third-order valence-corrected chi connectivity index (χ3v) is 3.08. The van der Waals surface area contributed by atoms with Crippen molar-refractivity contribution in [2.24, 2.45) is 7.05 Å².